The summed E-state index contributed by atoms with van der Waals surface area (Å²) < 4.78 is 12.9. The fraction of sp³-hybridized carbons (Fsp3) is 0.588. The van der Waals surface area contributed by atoms with Crippen LogP contribution in [0.25, 0.3) is 0 Å². The van der Waals surface area contributed by atoms with Crippen LogP contribution in [0.15, 0.2) is 24.3 Å². The second-order valence-corrected chi connectivity index (χ2v) is 6.55. The number of rotatable bonds is 4. The van der Waals surface area contributed by atoms with Crippen molar-refractivity contribution in [1.82, 2.24) is 5.32 Å². The van der Waals surface area contributed by atoms with Crippen LogP contribution in [0.3, 0.4) is 0 Å². The summed E-state index contributed by atoms with van der Waals surface area (Å²) in [7, 11) is 0. The summed E-state index contributed by atoms with van der Waals surface area (Å²) in [5.74, 6) is 0.259. The van der Waals surface area contributed by atoms with E-state index in [-0.39, 0.29) is 17.6 Å². The SMILES string of the molecule is NC(=O)C1CCCC(NC2CC(c3ccc(F)cc3)C2)C1. The van der Waals surface area contributed by atoms with E-state index in [4.69, 9.17) is 5.73 Å². The van der Waals surface area contributed by atoms with Gasteiger partial charge in [0, 0.05) is 18.0 Å². The number of hydrogen-bond acceptors (Lipinski definition) is 2. The van der Waals surface area contributed by atoms with E-state index in [0.717, 1.165) is 38.5 Å². The van der Waals surface area contributed by atoms with Crippen molar-refractivity contribution in [1.29, 1.82) is 0 Å². The highest BCUT2D eigenvalue weighted by atomic mass is 19.1. The summed E-state index contributed by atoms with van der Waals surface area (Å²) in [6, 6.07) is 7.80. The summed E-state index contributed by atoms with van der Waals surface area (Å²) in [4.78, 5) is 11.3. The molecule has 2 aliphatic carbocycles. The van der Waals surface area contributed by atoms with Gasteiger partial charge in [-0.1, -0.05) is 18.6 Å². The predicted octanol–water partition coefficient (Wildman–Crippen LogP) is 2.71. The molecule has 0 bridgehead atoms. The molecule has 2 saturated carbocycles. The molecule has 2 aliphatic rings. The Hall–Kier alpha value is -1.42. The van der Waals surface area contributed by atoms with Crippen LogP contribution in [0.5, 0.6) is 0 Å². The van der Waals surface area contributed by atoms with E-state index in [9.17, 15) is 9.18 Å². The minimum absolute atomic E-state index is 0.0456. The van der Waals surface area contributed by atoms with Gasteiger partial charge >= 0.3 is 0 Å². The number of hydrogen-bond donors (Lipinski definition) is 2. The van der Waals surface area contributed by atoms with Crippen molar-refractivity contribution in [2.45, 2.75) is 56.5 Å². The van der Waals surface area contributed by atoms with E-state index < -0.39 is 0 Å². The van der Waals surface area contributed by atoms with Gasteiger partial charge in [-0.25, -0.2) is 4.39 Å². The highest BCUT2D eigenvalue weighted by Gasteiger charge is 2.33. The Kier molecular flexibility index (Phi) is 4.24. The molecule has 1 amide bonds. The number of nitrogens with one attached hydrogen (secondary N) is 1. The number of primary amides is 1. The van der Waals surface area contributed by atoms with Gasteiger partial charge in [0.1, 0.15) is 5.82 Å². The van der Waals surface area contributed by atoms with Crippen LogP contribution in [-0.4, -0.2) is 18.0 Å². The molecule has 0 aromatic heterocycles. The molecule has 0 radical (unpaired) electrons. The maximum Gasteiger partial charge on any atom is 0.220 e. The van der Waals surface area contributed by atoms with Crippen molar-refractivity contribution in [2.24, 2.45) is 11.7 Å². The predicted molar refractivity (Wildman–Crippen MR) is 80.2 cm³/mol. The molecule has 0 heterocycles. The van der Waals surface area contributed by atoms with E-state index in [2.05, 4.69) is 5.32 Å². The molecule has 3 N–H and O–H groups in total. The van der Waals surface area contributed by atoms with Crippen LogP contribution < -0.4 is 11.1 Å². The maximum absolute atomic E-state index is 12.9. The van der Waals surface area contributed by atoms with Gasteiger partial charge in [-0.3, -0.25) is 4.79 Å². The second-order valence-electron chi connectivity index (χ2n) is 6.55. The summed E-state index contributed by atoms with van der Waals surface area (Å²) >= 11 is 0. The quantitative estimate of drug-likeness (QED) is 0.896. The number of nitrogens with two attached hydrogens (primary N) is 1. The van der Waals surface area contributed by atoms with Gasteiger partial charge in [0.05, 0.1) is 0 Å². The van der Waals surface area contributed by atoms with Gasteiger partial charge in [0.15, 0.2) is 0 Å². The largest absolute Gasteiger partial charge is 0.369 e. The van der Waals surface area contributed by atoms with Gasteiger partial charge in [-0.05, 0) is 55.7 Å². The number of carbonyl (C=O) groups excluding carboxylic acids is 1. The van der Waals surface area contributed by atoms with Crippen LogP contribution >= 0.6 is 0 Å². The molecule has 21 heavy (non-hydrogen) atoms. The lowest BCUT2D eigenvalue weighted by molar-refractivity contribution is -0.123. The normalized spacial score (nSPS) is 32.4. The lowest BCUT2D eigenvalue weighted by Crippen LogP contribution is -2.48. The molecule has 2 atom stereocenters. The van der Waals surface area contributed by atoms with Crippen LogP contribution in [-0.2, 0) is 4.79 Å². The summed E-state index contributed by atoms with van der Waals surface area (Å²) in [6.45, 7) is 0. The van der Waals surface area contributed by atoms with E-state index in [1.54, 1.807) is 0 Å². The first-order chi connectivity index (χ1) is 10.1. The average molecular weight is 290 g/mol. The number of amides is 1. The molecular weight excluding hydrogens is 267 g/mol. The third kappa shape index (κ3) is 3.43. The topological polar surface area (TPSA) is 55.1 Å². The molecule has 0 aliphatic heterocycles. The third-order valence-electron chi connectivity index (χ3n) is 5.03. The molecule has 3 nitrogen and oxygen atoms in total. The molecule has 3 rings (SSSR count). The molecule has 4 heteroatoms. The zero-order chi connectivity index (χ0) is 14.8. The zero-order valence-electron chi connectivity index (χ0n) is 12.2. The van der Waals surface area contributed by atoms with Crippen molar-refractivity contribution in [3.8, 4) is 0 Å². The van der Waals surface area contributed by atoms with Crippen LogP contribution in [0.2, 0.25) is 0 Å². The van der Waals surface area contributed by atoms with Crippen molar-refractivity contribution >= 4 is 5.91 Å². The van der Waals surface area contributed by atoms with E-state index in [1.165, 1.54) is 17.7 Å². The van der Waals surface area contributed by atoms with Crippen LogP contribution in [0.1, 0.15) is 50.0 Å². The lowest BCUT2D eigenvalue weighted by atomic mass is 9.75. The summed E-state index contributed by atoms with van der Waals surface area (Å²) in [6.07, 6.45) is 6.25. The fourth-order valence-electron chi connectivity index (χ4n) is 3.69. The Morgan fingerprint density at radius 3 is 2.48 bits per heavy atom. The molecule has 2 fully saturated rings. The van der Waals surface area contributed by atoms with E-state index in [0.29, 0.717) is 18.0 Å². The highest BCUT2D eigenvalue weighted by molar-refractivity contribution is 5.76. The zero-order valence-corrected chi connectivity index (χ0v) is 12.2. The first-order valence-electron chi connectivity index (χ1n) is 7.92. The van der Waals surface area contributed by atoms with Crippen molar-refractivity contribution in [3.05, 3.63) is 35.6 Å². The minimum Gasteiger partial charge on any atom is -0.369 e. The van der Waals surface area contributed by atoms with Crippen LogP contribution in [0.4, 0.5) is 4.39 Å². The van der Waals surface area contributed by atoms with Crippen molar-refractivity contribution in [2.75, 3.05) is 0 Å². The molecule has 2 unspecified atom stereocenters. The summed E-state index contributed by atoms with van der Waals surface area (Å²) in [5, 5.41) is 3.67. The number of halogens is 1. The lowest BCUT2D eigenvalue weighted by Gasteiger charge is -2.40. The van der Waals surface area contributed by atoms with Gasteiger partial charge < -0.3 is 11.1 Å². The number of benzene rings is 1. The van der Waals surface area contributed by atoms with Crippen LogP contribution in [0, 0.1) is 11.7 Å². The Bertz CT molecular complexity index is 496. The van der Waals surface area contributed by atoms with Gasteiger partial charge in [0.2, 0.25) is 5.91 Å². The van der Waals surface area contributed by atoms with Gasteiger partial charge in [0.25, 0.3) is 0 Å². The Labute approximate surface area is 125 Å². The summed E-state index contributed by atoms with van der Waals surface area (Å²) in [5.41, 5.74) is 6.65. The third-order valence-corrected chi connectivity index (χ3v) is 5.03. The average Bonchev–Trinajstić information content (AvgIpc) is 2.44. The second kappa shape index (κ2) is 6.14. The first-order valence-corrected chi connectivity index (χ1v) is 7.92. The van der Waals surface area contributed by atoms with E-state index in [1.807, 2.05) is 12.1 Å². The molecular formula is C17H23FN2O. The van der Waals surface area contributed by atoms with Crippen molar-refractivity contribution in [3.63, 3.8) is 0 Å². The minimum atomic E-state index is -0.174. The molecule has 1 aromatic carbocycles. The van der Waals surface area contributed by atoms with Gasteiger partial charge in [-0.15, -0.1) is 0 Å². The number of carbonyl (C=O) groups is 1. The molecule has 0 spiro atoms. The molecule has 114 valence electrons. The molecule has 0 saturated heterocycles. The van der Waals surface area contributed by atoms with E-state index >= 15 is 0 Å². The fourth-order valence-corrected chi connectivity index (χ4v) is 3.69. The maximum atomic E-state index is 12.9. The van der Waals surface area contributed by atoms with Gasteiger partial charge in [-0.2, -0.15) is 0 Å². The standard InChI is InChI=1S/C17H23FN2O/c18-14-6-4-11(5-7-14)13-9-16(10-13)20-15-3-1-2-12(8-15)17(19)21/h4-7,12-13,15-16,20H,1-3,8-10H2,(H2,19,21). The monoisotopic (exact) mass is 290 g/mol. The first kappa shape index (κ1) is 14.5. The highest BCUT2D eigenvalue weighted by Crippen LogP contribution is 2.38. The smallest absolute Gasteiger partial charge is 0.220 e. The Balaban J connectivity index is 1.46. The Morgan fingerprint density at radius 2 is 1.81 bits per heavy atom. The molecule has 1 aromatic rings. The van der Waals surface area contributed by atoms with Crippen molar-refractivity contribution < 1.29 is 9.18 Å². The Morgan fingerprint density at radius 1 is 1.10 bits per heavy atom.